The lowest BCUT2D eigenvalue weighted by atomic mass is 10.2. The van der Waals surface area contributed by atoms with E-state index in [9.17, 15) is 9.18 Å². The Morgan fingerprint density at radius 1 is 1.17 bits per heavy atom. The molecule has 2 aromatic rings. The van der Waals surface area contributed by atoms with Gasteiger partial charge in [0, 0.05) is 0 Å². The number of halogens is 1. The molecular formula is C13H10FNO3. The van der Waals surface area contributed by atoms with Gasteiger partial charge in [0.1, 0.15) is 0 Å². The minimum Gasteiger partial charge on any atom is -0.478 e. The van der Waals surface area contributed by atoms with Crippen LogP contribution < -0.4 is 10.5 Å². The molecule has 0 unspecified atom stereocenters. The van der Waals surface area contributed by atoms with Gasteiger partial charge in [0.2, 0.25) is 0 Å². The average molecular weight is 247 g/mol. The van der Waals surface area contributed by atoms with E-state index < -0.39 is 11.8 Å². The van der Waals surface area contributed by atoms with Crippen LogP contribution in [0.25, 0.3) is 0 Å². The fraction of sp³-hybridized carbons (Fsp3) is 0. The molecule has 3 N–H and O–H groups in total. The van der Waals surface area contributed by atoms with Gasteiger partial charge in [0.05, 0.1) is 11.3 Å². The normalized spacial score (nSPS) is 10.1. The number of nitrogens with two attached hydrogens (primary N) is 1. The fourth-order valence-electron chi connectivity index (χ4n) is 1.42. The van der Waals surface area contributed by atoms with Crippen LogP contribution in [-0.2, 0) is 0 Å². The molecular weight excluding hydrogens is 237 g/mol. The van der Waals surface area contributed by atoms with Gasteiger partial charge in [0.25, 0.3) is 0 Å². The molecule has 2 aromatic carbocycles. The molecule has 0 heterocycles. The molecule has 0 saturated carbocycles. The zero-order valence-corrected chi connectivity index (χ0v) is 9.26. The van der Waals surface area contributed by atoms with Crippen molar-refractivity contribution in [3.8, 4) is 11.5 Å². The monoisotopic (exact) mass is 247 g/mol. The van der Waals surface area contributed by atoms with Gasteiger partial charge in [-0.3, -0.25) is 0 Å². The zero-order valence-electron chi connectivity index (χ0n) is 9.26. The van der Waals surface area contributed by atoms with Gasteiger partial charge in [-0.05, 0) is 30.3 Å². The number of benzene rings is 2. The van der Waals surface area contributed by atoms with Crippen molar-refractivity contribution in [2.24, 2.45) is 0 Å². The number of hydrogen-bond acceptors (Lipinski definition) is 3. The molecule has 92 valence electrons. The van der Waals surface area contributed by atoms with Crippen LogP contribution in [0.3, 0.4) is 0 Å². The molecule has 0 fully saturated rings. The summed E-state index contributed by atoms with van der Waals surface area (Å²) in [5, 5.41) is 8.78. The van der Waals surface area contributed by atoms with Gasteiger partial charge in [0.15, 0.2) is 17.3 Å². The first kappa shape index (κ1) is 11.9. The standard InChI is InChI=1S/C13H10FNO3/c14-9-3-1-2-4-11(9)18-12-6-5-8(13(16)17)7-10(12)15/h1-7H,15H2,(H,16,17). The van der Waals surface area contributed by atoms with Gasteiger partial charge in [-0.1, -0.05) is 12.1 Å². The number of ether oxygens (including phenoxy) is 1. The first-order chi connectivity index (χ1) is 8.58. The maximum Gasteiger partial charge on any atom is 0.335 e. The Balaban J connectivity index is 2.30. The van der Waals surface area contributed by atoms with Gasteiger partial charge < -0.3 is 15.6 Å². The smallest absolute Gasteiger partial charge is 0.335 e. The number of para-hydroxylation sites is 1. The third kappa shape index (κ3) is 2.40. The van der Waals surface area contributed by atoms with Gasteiger partial charge in [-0.25, -0.2) is 9.18 Å². The second-order valence-corrected chi connectivity index (χ2v) is 3.59. The molecule has 4 nitrogen and oxygen atoms in total. The molecule has 0 radical (unpaired) electrons. The topological polar surface area (TPSA) is 72.6 Å². The third-order valence-electron chi connectivity index (χ3n) is 2.31. The number of hydrogen-bond donors (Lipinski definition) is 2. The first-order valence-electron chi connectivity index (χ1n) is 5.13. The number of carbonyl (C=O) groups is 1. The highest BCUT2D eigenvalue weighted by molar-refractivity contribution is 5.89. The summed E-state index contributed by atoms with van der Waals surface area (Å²) in [6.45, 7) is 0. The highest BCUT2D eigenvalue weighted by Gasteiger charge is 2.09. The summed E-state index contributed by atoms with van der Waals surface area (Å²) in [6.07, 6.45) is 0. The van der Waals surface area contributed by atoms with Crippen LogP contribution in [-0.4, -0.2) is 11.1 Å². The fourth-order valence-corrected chi connectivity index (χ4v) is 1.42. The Hall–Kier alpha value is -2.56. The van der Waals surface area contributed by atoms with E-state index in [4.69, 9.17) is 15.6 Å². The maximum absolute atomic E-state index is 13.4. The number of carboxylic acid groups (broad SMARTS) is 1. The summed E-state index contributed by atoms with van der Waals surface area (Å²) >= 11 is 0. The van der Waals surface area contributed by atoms with E-state index >= 15 is 0 Å². The lowest BCUT2D eigenvalue weighted by molar-refractivity contribution is 0.0697. The van der Waals surface area contributed by atoms with Crippen LogP contribution in [0.15, 0.2) is 42.5 Å². The molecule has 0 aliphatic carbocycles. The Morgan fingerprint density at radius 2 is 1.89 bits per heavy atom. The summed E-state index contributed by atoms with van der Waals surface area (Å²) in [5.74, 6) is -1.35. The van der Waals surface area contributed by atoms with E-state index in [1.165, 1.54) is 30.3 Å². The highest BCUT2D eigenvalue weighted by Crippen LogP contribution is 2.29. The van der Waals surface area contributed by atoms with Crippen molar-refractivity contribution >= 4 is 11.7 Å². The SMILES string of the molecule is Nc1cc(C(=O)O)ccc1Oc1ccccc1F. The maximum atomic E-state index is 13.4. The second kappa shape index (κ2) is 4.75. The largest absolute Gasteiger partial charge is 0.478 e. The predicted molar refractivity (Wildman–Crippen MR) is 64.3 cm³/mol. The van der Waals surface area contributed by atoms with E-state index in [0.29, 0.717) is 0 Å². The minimum absolute atomic E-state index is 0.0345. The molecule has 0 spiro atoms. The van der Waals surface area contributed by atoms with E-state index in [1.54, 1.807) is 12.1 Å². The summed E-state index contributed by atoms with van der Waals surface area (Å²) in [4.78, 5) is 10.7. The van der Waals surface area contributed by atoms with Crippen molar-refractivity contribution in [1.29, 1.82) is 0 Å². The summed E-state index contributed by atoms with van der Waals surface area (Å²) in [5.41, 5.74) is 5.83. The summed E-state index contributed by atoms with van der Waals surface area (Å²) in [6, 6.07) is 9.88. The van der Waals surface area contributed by atoms with E-state index in [2.05, 4.69) is 0 Å². The zero-order chi connectivity index (χ0) is 13.1. The van der Waals surface area contributed by atoms with Crippen LogP contribution in [0.1, 0.15) is 10.4 Å². The predicted octanol–water partition coefficient (Wildman–Crippen LogP) is 2.90. The van der Waals surface area contributed by atoms with Crippen molar-refractivity contribution in [1.82, 2.24) is 0 Å². The second-order valence-electron chi connectivity index (χ2n) is 3.59. The van der Waals surface area contributed by atoms with Gasteiger partial charge >= 0.3 is 5.97 Å². The van der Waals surface area contributed by atoms with Crippen LogP contribution >= 0.6 is 0 Å². The lowest BCUT2D eigenvalue weighted by Gasteiger charge is -2.09. The Kier molecular flexibility index (Phi) is 3.14. The van der Waals surface area contributed by atoms with E-state index in [-0.39, 0.29) is 22.7 Å². The van der Waals surface area contributed by atoms with Crippen LogP contribution in [0, 0.1) is 5.82 Å². The highest BCUT2D eigenvalue weighted by atomic mass is 19.1. The molecule has 5 heteroatoms. The first-order valence-corrected chi connectivity index (χ1v) is 5.13. The molecule has 0 atom stereocenters. The van der Waals surface area contributed by atoms with Crippen molar-refractivity contribution in [2.45, 2.75) is 0 Å². The number of anilines is 1. The third-order valence-corrected chi connectivity index (χ3v) is 2.31. The summed E-state index contributed by atoms with van der Waals surface area (Å²) < 4.78 is 18.6. The molecule has 2 rings (SSSR count). The molecule has 0 saturated heterocycles. The van der Waals surface area contributed by atoms with Gasteiger partial charge in [-0.2, -0.15) is 0 Å². The lowest BCUT2D eigenvalue weighted by Crippen LogP contribution is -1.99. The Labute approximate surface area is 102 Å². The molecule has 0 bridgehead atoms. The number of nitrogen functional groups attached to an aromatic ring is 1. The molecule has 0 aliphatic rings. The minimum atomic E-state index is -1.08. The molecule has 0 aromatic heterocycles. The average Bonchev–Trinajstić information content (AvgIpc) is 2.34. The molecule has 0 amide bonds. The van der Waals surface area contributed by atoms with Gasteiger partial charge in [-0.15, -0.1) is 0 Å². The van der Waals surface area contributed by atoms with E-state index in [1.807, 2.05) is 0 Å². The van der Waals surface area contributed by atoms with Crippen molar-refractivity contribution in [2.75, 3.05) is 5.73 Å². The quantitative estimate of drug-likeness (QED) is 0.818. The number of rotatable bonds is 3. The van der Waals surface area contributed by atoms with Crippen LogP contribution in [0.4, 0.5) is 10.1 Å². The van der Waals surface area contributed by atoms with Crippen LogP contribution in [0.5, 0.6) is 11.5 Å². The number of carboxylic acids is 1. The Bertz CT molecular complexity index is 599. The molecule has 0 aliphatic heterocycles. The van der Waals surface area contributed by atoms with Crippen molar-refractivity contribution < 1.29 is 19.0 Å². The van der Waals surface area contributed by atoms with Crippen molar-refractivity contribution in [3.63, 3.8) is 0 Å². The van der Waals surface area contributed by atoms with E-state index in [0.717, 1.165) is 0 Å². The Morgan fingerprint density at radius 3 is 2.50 bits per heavy atom. The number of aromatic carboxylic acids is 1. The molecule has 18 heavy (non-hydrogen) atoms. The van der Waals surface area contributed by atoms with Crippen molar-refractivity contribution in [3.05, 3.63) is 53.8 Å². The summed E-state index contributed by atoms with van der Waals surface area (Å²) in [7, 11) is 0. The van der Waals surface area contributed by atoms with Crippen LogP contribution in [0.2, 0.25) is 0 Å².